The van der Waals surface area contributed by atoms with Gasteiger partial charge >= 0.3 is 0 Å². The number of rotatable bonds is 4. The number of hydrogen-bond donors (Lipinski definition) is 3. The maximum absolute atomic E-state index is 12.0. The summed E-state index contributed by atoms with van der Waals surface area (Å²) in [4.78, 5) is 12.0. The number of carbonyl (C=O) groups is 1. The van der Waals surface area contributed by atoms with Gasteiger partial charge in [-0.1, -0.05) is 0 Å². The fraction of sp³-hybridized carbons (Fsp3) is 0.500. The first-order chi connectivity index (χ1) is 9.46. The highest BCUT2D eigenvalue weighted by Gasteiger charge is 2.39. The topological polar surface area (TPSA) is 88.0 Å². The molecule has 110 valence electrons. The Bertz CT molecular complexity index is 504. The number of phenolic OH excluding ortho intramolecular Hbond substituents is 1. The van der Waals surface area contributed by atoms with Crippen LogP contribution in [0, 0.1) is 0 Å². The van der Waals surface area contributed by atoms with Crippen molar-refractivity contribution < 1.29 is 24.5 Å². The summed E-state index contributed by atoms with van der Waals surface area (Å²) in [5, 5.41) is 22.7. The zero-order valence-electron chi connectivity index (χ0n) is 11.5. The van der Waals surface area contributed by atoms with Gasteiger partial charge in [0.05, 0.1) is 18.8 Å². The molecule has 3 N–H and O–H groups in total. The molecule has 0 bridgehead atoms. The van der Waals surface area contributed by atoms with Crippen molar-refractivity contribution in [2.45, 2.75) is 25.0 Å². The summed E-state index contributed by atoms with van der Waals surface area (Å²) in [6.07, 6.45) is 0.149. The zero-order chi connectivity index (χ0) is 14.8. The van der Waals surface area contributed by atoms with Crippen LogP contribution in [-0.2, 0) is 4.74 Å². The van der Waals surface area contributed by atoms with E-state index in [4.69, 9.17) is 9.47 Å². The van der Waals surface area contributed by atoms with Crippen molar-refractivity contribution in [3.8, 4) is 11.5 Å². The Morgan fingerprint density at radius 1 is 1.60 bits per heavy atom. The van der Waals surface area contributed by atoms with Crippen molar-refractivity contribution in [3.05, 3.63) is 23.8 Å². The lowest BCUT2D eigenvalue weighted by atomic mass is 9.96. The number of ether oxygens (including phenoxy) is 2. The monoisotopic (exact) mass is 281 g/mol. The van der Waals surface area contributed by atoms with Crippen LogP contribution in [0.2, 0.25) is 0 Å². The van der Waals surface area contributed by atoms with Crippen molar-refractivity contribution in [3.63, 3.8) is 0 Å². The summed E-state index contributed by atoms with van der Waals surface area (Å²) < 4.78 is 10.2. The van der Waals surface area contributed by atoms with Gasteiger partial charge in [-0.3, -0.25) is 4.79 Å². The first kappa shape index (κ1) is 14.6. The molecule has 6 heteroatoms. The normalized spacial score (nSPS) is 25.4. The van der Waals surface area contributed by atoms with Gasteiger partial charge in [0, 0.05) is 25.6 Å². The van der Waals surface area contributed by atoms with Gasteiger partial charge in [-0.05, 0) is 19.1 Å². The molecule has 2 atom stereocenters. The van der Waals surface area contributed by atoms with Crippen molar-refractivity contribution >= 4 is 5.91 Å². The molecule has 1 aromatic rings. The Morgan fingerprint density at radius 3 is 2.90 bits per heavy atom. The third-order valence-corrected chi connectivity index (χ3v) is 3.66. The molecule has 1 heterocycles. The predicted octanol–water partition coefficient (Wildman–Crippen LogP) is 0.670. The number of methoxy groups -OCH3 is 1. The van der Waals surface area contributed by atoms with E-state index in [1.165, 1.54) is 19.2 Å². The molecule has 20 heavy (non-hydrogen) atoms. The van der Waals surface area contributed by atoms with E-state index in [1.807, 2.05) is 0 Å². The molecule has 0 radical (unpaired) electrons. The molecule has 2 unspecified atom stereocenters. The molecule has 0 spiro atoms. The molecule has 1 amide bonds. The lowest BCUT2D eigenvalue weighted by molar-refractivity contribution is -0.0251. The Balaban J connectivity index is 2.02. The summed E-state index contributed by atoms with van der Waals surface area (Å²) in [6.45, 7) is 2.32. The molecule has 6 nitrogen and oxygen atoms in total. The highest BCUT2D eigenvalue weighted by Crippen LogP contribution is 2.26. The fourth-order valence-electron chi connectivity index (χ4n) is 2.16. The van der Waals surface area contributed by atoms with Crippen LogP contribution >= 0.6 is 0 Å². The maximum atomic E-state index is 12.0. The Morgan fingerprint density at radius 2 is 2.35 bits per heavy atom. The van der Waals surface area contributed by atoms with E-state index in [2.05, 4.69) is 5.32 Å². The van der Waals surface area contributed by atoms with Gasteiger partial charge in [-0.2, -0.15) is 0 Å². The third kappa shape index (κ3) is 2.86. The van der Waals surface area contributed by atoms with Crippen molar-refractivity contribution in [2.24, 2.45) is 0 Å². The number of aromatic hydroxyl groups is 1. The number of aliphatic hydroxyl groups is 1. The number of nitrogens with one attached hydrogen (secondary N) is 1. The van der Waals surface area contributed by atoms with Crippen LogP contribution in [0.1, 0.15) is 23.7 Å². The number of hydrogen-bond acceptors (Lipinski definition) is 5. The van der Waals surface area contributed by atoms with Gasteiger partial charge in [-0.15, -0.1) is 0 Å². The van der Waals surface area contributed by atoms with Gasteiger partial charge in [-0.25, -0.2) is 0 Å². The van der Waals surface area contributed by atoms with E-state index in [9.17, 15) is 15.0 Å². The molecule has 1 aliphatic rings. The summed E-state index contributed by atoms with van der Waals surface area (Å²) in [7, 11) is 1.48. The molecule has 1 aromatic carbocycles. The minimum atomic E-state index is -1.06. The zero-order valence-corrected chi connectivity index (χ0v) is 11.5. The quantitative estimate of drug-likeness (QED) is 0.755. The maximum Gasteiger partial charge on any atom is 0.255 e. The second-order valence-electron chi connectivity index (χ2n) is 4.93. The van der Waals surface area contributed by atoms with Crippen LogP contribution in [-0.4, -0.2) is 48.1 Å². The van der Waals surface area contributed by atoms with Crippen molar-refractivity contribution in [1.29, 1.82) is 0 Å². The average Bonchev–Trinajstić information content (AvgIpc) is 2.76. The Kier molecular flexibility index (Phi) is 4.15. The summed E-state index contributed by atoms with van der Waals surface area (Å²) in [5.74, 6) is -0.141. The molecular weight excluding hydrogens is 262 g/mol. The second kappa shape index (κ2) is 5.68. The van der Waals surface area contributed by atoms with E-state index in [1.54, 1.807) is 13.0 Å². The van der Waals surface area contributed by atoms with Crippen LogP contribution in [0.4, 0.5) is 0 Å². The van der Waals surface area contributed by atoms with E-state index in [-0.39, 0.29) is 24.0 Å². The van der Waals surface area contributed by atoms with Crippen LogP contribution in [0.3, 0.4) is 0 Å². The number of amides is 1. The minimum absolute atomic E-state index is 0.0818. The first-order valence-electron chi connectivity index (χ1n) is 6.45. The average molecular weight is 281 g/mol. The molecule has 0 aliphatic carbocycles. The van der Waals surface area contributed by atoms with E-state index in [0.29, 0.717) is 18.8 Å². The van der Waals surface area contributed by atoms with E-state index < -0.39 is 11.5 Å². The van der Waals surface area contributed by atoms with Gasteiger partial charge in [0.25, 0.3) is 5.91 Å². The number of phenols is 1. The highest BCUT2D eigenvalue weighted by molar-refractivity contribution is 5.97. The smallest absolute Gasteiger partial charge is 0.255 e. The Hall–Kier alpha value is -1.79. The SMILES string of the molecule is COc1ccc(C(=O)NCC2(O)CCOC2C)c(O)c1. The van der Waals surface area contributed by atoms with Crippen molar-refractivity contribution in [2.75, 3.05) is 20.3 Å². The summed E-state index contributed by atoms with van der Waals surface area (Å²) in [6, 6.07) is 4.43. The van der Waals surface area contributed by atoms with Gasteiger partial charge in [0.15, 0.2) is 0 Å². The molecule has 1 saturated heterocycles. The third-order valence-electron chi connectivity index (χ3n) is 3.66. The predicted molar refractivity (Wildman–Crippen MR) is 72.0 cm³/mol. The fourth-order valence-corrected chi connectivity index (χ4v) is 2.16. The molecule has 1 aliphatic heterocycles. The minimum Gasteiger partial charge on any atom is -0.507 e. The molecule has 1 fully saturated rings. The lowest BCUT2D eigenvalue weighted by Gasteiger charge is -2.26. The standard InChI is InChI=1S/C14H19NO5/c1-9-14(18,5-6-20-9)8-15-13(17)11-4-3-10(19-2)7-12(11)16/h3-4,7,9,16,18H,5-6,8H2,1-2H3,(H,15,17). The molecule has 2 rings (SSSR count). The van der Waals surface area contributed by atoms with Gasteiger partial charge < -0.3 is 25.0 Å². The van der Waals surface area contributed by atoms with Gasteiger partial charge in [0.2, 0.25) is 0 Å². The van der Waals surface area contributed by atoms with Crippen LogP contribution in [0.15, 0.2) is 18.2 Å². The van der Waals surface area contributed by atoms with Crippen LogP contribution in [0.25, 0.3) is 0 Å². The Labute approximate surface area is 117 Å². The molecular formula is C14H19NO5. The number of benzene rings is 1. The highest BCUT2D eigenvalue weighted by atomic mass is 16.5. The summed E-state index contributed by atoms with van der Waals surface area (Å²) in [5.41, 5.74) is -0.918. The van der Waals surface area contributed by atoms with Gasteiger partial charge in [0.1, 0.15) is 17.1 Å². The summed E-state index contributed by atoms with van der Waals surface area (Å²) >= 11 is 0. The second-order valence-corrected chi connectivity index (χ2v) is 4.93. The van der Waals surface area contributed by atoms with Crippen LogP contribution in [0.5, 0.6) is 11.5 Å². The van der Waals surface area contributed by atoms with E-state index >= 15 is 0 Å². The lowest BCUT2D eigenvalue weighted by Crippen LogP contribution is -2.47. The molecule has 0 saturated carbocycles. The largest absolute Gasteiger partial charge is 0.507 e. The van der Waals surface area contributed by atoms with E-state index in [0.717, 1.165) is 0 Å². The first-order valence-corrected chi connectivity index (χ1v) is 6.45. The molecule has 0 aromatic heterocycles. The van der Waals surface area contributed by atoms with Crippen molar-refractivity contribution in [1.82, 2.24) is 5.32 Å². The number of carbonyl (C=O) groups excluding carboxylic acids is 1. The van der Waals surface area contributed by atoms with Crippen LogP contribution < -0.4 is 10.1 Å².